The highest BCUT2D eigenvalue weighted by atomic mass is 16.7. The van der Waals surface area contributed by atoms with Crippen LogP contribution in [0.15, 0.2) is 18.2 Å². The van der Waals surface area contributed by atoms with Gasteiger partial charge in [0.15, 0.2) is 11.5 Å². The van der Waals surface area contributed by atoms with E-state index >= 15 is 0 Å². The third kappa shape index (κ3) is 3.65. The van der Waals surface area contributed by atoms with Gasteiger partial charge in [-0.3, -0.25) is 9.69 Å². The molecule has 1 aromatic rings. The molecule has 24 heavy (non-hydrogen) atoms. The van der Waals surface area contributed by atoms with E-state index in [0.717, 1.165) is 13.1 Å². The summed E-state index contributed by atoms with van der Waals surface area (Å²) in [6, 6.07) is 5.32. The number of nitrogens with zero attached hydrogens (tertiary/aromatic N) is 2. The highest BCUT2D eigenvalue weighted by Crippen LogP contribution is 2.32. The minimum Gasteiger partial charge on any atom is -0.454 e. The summed E-state index contributed by atoms with van der Waals surface area (Å²) in [5.74, 6) is 1.34. The molecule has 0 aromatic heterocycles. The van der Waals surface area contributed by atoms with Crippen molar-refractivity contribution in [3.63, 3.8) is 0 Å². The van der Waals surface area contributed by atoms with Crippen molar-refractivity contribution in [3.05, 3.63) is 23.8 Å². The van der Waals surface area contributed by atoms with Gasteiger partial charge in [-0.05, 0) is 23.6 Å². The van der Waals surface area contributed by atoms with Gasteiger partial charge in [0.1, 0.15) is 0 Å². The van der Waals surface area contributed by atoms with Crippen LogP contribution >= 0.6 is 0 Å². The third-order valence-corrected chi connectivity index (χ3v) is 4.71. The van der Waals surface area contributed by atoms with Crippen molar-refractivity contribution in [2.45, 2.75) is 26.9 Å². The molecule has 1 saturated heterocycles. The van der Waals surface area contributed by atoms with Crippen LogP contribution in [0, 0.1) is 5.41 Å². The number of carbonyl (C=O) groups excluding carboxylic acids is 1. The van der Waals surface area contributed by atoms with E-state index in [4.69, 9.17) is 9.47 Å². The van der Waals surface area contributed by atoms with Gasteiger partial charge in [0.2, 0.25) is 6.79 Å². The number of piperazine rings is 1. The lowest BCUT2D eigenvalue weighted by molar-refractivity contribution is 0.0137. The summed E-state index contributed by atoms with van der Waals surface area (Å²) < 4.78 is 10.6. The fraction of sp³-hybridized carbons (Fsp3) is 0.611. The van der Waals surface area contributed by atoms with E-state index in [1.807, 2.05) is 25.7 Å². The monoisotopic (exact) mass is 334 g/mol. The second-order valence-corrected chi connectivity index (χ2v) is 7.54. The van der Waals surface area contributed by atoms with Crippen LogP contribution in [0.4, 0.5) is 0 Å². The van der Waals surface area contributed by atoms with Gasteiger partial charge in [0.05, 0.1) is 6.10 Å². The summed E-state index contributed by atoms with van der Waals surface area (Å²) in [6.45, 7) is 9.88. The molecule has 1 N–H and O–H groups in total. The first-order chi connectivity index (χ1) is 11.3. The van der Waals surface area contributed by atoms with Gasteiger partial charge < -0.3 is 19.5 Å². The Morgan fingerprint density at radius 1 is 1.17 bits per heavy atom. The SMILES string of the molecule is CC(C)(C)[C@H](O)CN1CCN(C(=O)c2ccc3c(c2)OCO3)CC1. The highest BCUT2D eigenvalue weighted by Gasteiger charge is 2.28. The lowest BCUT2D eigenvalue weighted by Gasteiger charge is -2.38. The molecule has 0 bridgehead atoms. The second-order valence-electron chi connectivity index (χ2n) is 7.54. The van der Waals surface area contributed by atoms with Crippen molar-refractivity contribution >= 4 is 5.91 Å². The van der Waals surface area contributed by atoms with E-state index in [9.17, 15) is 9.90 Å². The highest BCUT2D eigenvalue weighted by molar-refractivity contribution is 5.95. The largest absolute Gasteiger partial charge is 0.454 e. The van der Waals surface area contributed by atoms with Crippen LogP contribution in [0.1, 0.15) is 31.1 Å². The van der Waals surface area contributed by atoms with Crippen molar-refractivity contribution in [1.82, 2.24) is 9.80 Å². The number of hydrogen-bond donors (Lipinski definition) is 1. The predicted molar refractivity (Wildman–Crippen MR) is 90.4 cm³/mol. The van der Waals surface area contributed by atoms with Gasteiger partial charge >= 0.3 is 0 Å². The molecular weight excluding hydrogens is 308 g/mol. The van der Waals surface area contributed by atoms with Crippen molar-refractivity contribution in [3.8, 4) is 11.5 Å². The lowest BCUT2D eigenvalue weighted by Crippen LogP contribution is -2.51. The van der Waals surface area contributed by atoms with Crippen LogP contribution in [-0.4, -0.2) is 66.4 Å². The average Bonchev–Trinajstić information content (AvgIpc) is 3.01. The number of fused-ring (bicyclic) bond motifs is 1. The molecule has 132 valence electrons. The van der Waals surface area contributed by atoms with Crippen molar-refractivity contribution in [2.24, 2.45) is 5.41 Å². The molecular formula is C18H26N2O4. The van der Waals surface area contributed by atoms with E-state index in [-0.39, 0.29) is 24.2 Å². The van der Waals surface area contributed by atoms with E-state index in [1.165, 1.54) is 0 Å². The fourth-order valence-corrected chi connectivity index (χ4v) is 2.86. The molecule has 6 nitrogen and oxygen atoms in total. The van der Waals surface area contributed by atoms with E-state index < -0.39 is 0 Å². The zero-order valence-corrected chi connectivity index (χ0v) is 14.6. The first-order valence-electron chi connectivity index (χ1n) is 8.44. The van der Waals surface area contributed by atoms with Crippen LogP contribution < -0.4 is 9.47 Å². The molecule has 2 aliphatic rings. The molecule has 2 heterocycles. The molecule has 0 saturated carbocycles. The topological polar surface area (TPSA) is 62.2 Å². The molecule has 0 spiro atoms. The van der Waals surface area contributed by atoms with Crippen molar-refractivity contribution in [1.29, 1.82) is 0 Å². The zero-order valence-electron chi connectivity index (χ0n) is 14.6. The van der Waals surface area contributed by atoms with Crippen LogP contribution in [-0.2, 0) is 0 Å². The Morgan fingerprint density at radius 2 is 1.83 bits per heavy atom. The number of aliphatic hydroxyl groups is 1. The van der Waals surface area contributed by atoms with Gasteiger partial charge in [-0.15, -0.1) is 0 Å². The fourth-order valence-electron chi connectivity index (χ4n) is 2.86. The molecule has 3 rings (SSSR count). The predicted octanol–water partition coefficient (Wildman–Crippen LogP) is 1.58. The third-order valence-electron chi connectivity index (χ3n) is 4.71. The van der Waals surface area contributed by atoms with Crippen molar-refractivity contribution in [2.75, 3.05) is 39.5 Å². The standard InChI is InChI=1S/C18H26N2O4/c1-18(2,3)16(21)11-19-6-8-20(9-7-19)17(22)13-4-5-14-15(10-13)24-12-23-14/h4-5,10,16,21H,6-9,11-12H2,1-3H3/t16-/m1/s1. The van der Waals surface area contributed by atoms with Crippen LogP contribution in [0.2, 0.25) is 0 Å². The Labute approximate surface area is 143 Å². The number of rotatable bonds is 3. The minimum absolute atomic E-state index is 0.0179. The summed E-state index contributed by atoms with van der Waals surface area (Å²) in [5.41, 5.74) is 0.502. The molecule has 1 fully saturated rings. The number of benzene rings is 1. The van der Waals surface area contributed by atoms with Gasteiger partial charge in [-0.2, -0.15) is 0 Å². The van der Waals surface area contributed by atoms with Gasteiger partial charge in [-0.25, -0.2) is 0 Å². The van der Waals surface area contributed by atoms with Gasteiger partial charge in [0.25, 0.3) is 5.91 Å². The second kappa shape index (κ2) is 6.61. The Balaban J connectivity index is 1.56. The molecule has 1 amide bonds. The Hall–Kier alpha value is -1.79. The van der Waals surface area contributed by atoms with Gasteiger partial charge in [-0.1, -0.05) is 20.8 Å². The Morgan fingerprint density at radius 3 is 2.50 bits per heavy atom. The zero-order chi connectivity index (χ0) is 17.3. The number of amides is 1. The van der Waals surface area contributed by atoms with E-state index in [0.29, 0.717) is 36.7 Å². The number of ether oxygens (including phenoxy) is 2. The molecule has 0 aliphatic carbocycles. The van der Waals surface area contributed by atoms with E-state index in [1.54, 1.807) is 18.2 Å². The maximum absolute atomic E-state index is 12.6. The lowest BCUT2D eigenvalue weighted by atomic mass is 9.89. The summed E-state index contributed by atoms with van der Waals surface area (Å²) >= 11 is 0. The van der Waals surface area contributed by atoms with E-state index in [2.05, 4.69) is 4.90 Å². The molecule has 2 aliphatic heterocycles. The number of β-amino-alcohol motifs (C(OH)–C–C–N with tert-alkyl or cyclic N) is 1. The van der Waals surface area contributed by atoms with Crippen molar-refractivity contribution < 1.29 is 19.4 Å². The molecule has 1 atom stereocenters. The Kier molecular flexibility index (Phi) is 4.69. The number of carbonyl (C=O) groups is 1. The number of aliphatic hydroxyl groups excluding tert-OH is 1. The van der Waals surface area contributed by atoms with Crippen LogP contribution in [0.3, 0.4) is 0 Å². The molecule has 1 aromatic carbocycles. The minimum atomic E-state index is -0.367. The van der Waals surface area contributed by atoms with Crippen LogP contribution in [0.25, 0.3) is 0 Å². The summed E-state index contributed by atoms with van der Waals surface area (Å²) in [5, 5.41) is 10.2. The maximum Gasteiger partial charge on any atom is 0.254 e. The van der Waals surface area contributed by atoms with Gasteiger partial charge in [0, 0.05) is 38.3 Å². The normalized spacial score (nSPS) is 19.4. The maximum atomic E-state index is 12.6. The smallest absolute Gasteiger partial charge is 0.254 e. The summed E-state index contributed by atoms with van der Waals surface area (Å²) in [7, 11) is 0. The summed E-state index contributed by atoms with van der Waals surface area (Å²) in [4.78, 5) is 16.7. The first kappa shape index (κ1) is 17.0. The molecule has 0 radical (unpaired) electrons. The average molecular weight is 334 g/mol. The number of hydrogen-bond acceptors (Lipinski definition) is 5. The van der Waals surface area contributed by atoms with Crippen LogP contribution in [0.5, 0.6) is 11.5 Å². The quantitative estimate of drug-likeness (QED) is 0.909. The summed E-state index contributed by atoms with van der Waals surface area (Å²) in [6.07, 6.45) is -0.367. The molecule has 6 heteroatoms. The molecule has 0 unspecified atom stereocenters. The first-order valence-corrected chi connectivity index (χ1v) is 8.44. The Bertz CT molecular complexity index is 604.